The molecule has 14 heavy (non-hydrogen) atoms. The van der Waals surface area contributed by atoms with Crippen molar-refractivity contribution in [2.75, 3.05) is 6.61 Å². The Balaban J connectivity index is 2.49. The summed E-state index contributed by atoms with van der Waals surface area (Å²) in [7, 11) is -1.62. The lowest BCUT2D eigenvalue weighted by atomic mass is 10.2. The summed E-state index contributed by atoms with van der Waals surface area (Å²) in [4.78, 5) is 0. The molecule has 84 valence electrons. The van der Waals surface area contributed by atoms with Gasteiger partial charge in [-0.05, 0) is 37.4 Å². The molecule has 0 saturated carbocycles. The van der Waals surface area contributed by atoms with Gasteiger partial charge in [-0.15, -0.1) is 0 Å². The molecule has 1 aliphatic heterocycles. The van der Waals surface area contributed by atoms with E-state index in [0.717, 1.165) is 13.0 Å². The van der Waals surface area contributed by atoms with Crippen LogP contribution in [0, 0.1) is 0 Å². The molecule has 0 radical (unpaired) electrons. The van der Waals surface area contributed by atoms with Gasteiger partial charge in [-0.3, -0.25) is 0 Å². The summed E-state index contributed by atoms with van der Waals surface area (Å²) in [5.74, 6) is 0. The van der Waals surface area contributed by atoms with Gasteiger partial charge in [-0.1, -0.05) is 20.8 Å². The van der Waals surface area contributed by atoms with Crippen LogP contribution in [0.5, 0.6) is 0 Å². The maximum atomic E-state index is 6.16. The van der Waals surface area contributed by atoms with E-state index in [0.29, 0.717) is 0 Å². The molecule has 0 bridgehead atoms. The Bertz CT molecular complexity index is 178. The molecule has 0 aromatic heterocycles. The highest BCUT2D eigenvalue weighted by molar-refractivity contribution is 6.74. The molecule has 2 nitrogen and oxygen atoms in total. The molecule has 1 unspecified atom stereocenters. The molecule has 1 atom stereocenters. The van der Waals surface area contributed by atoms with Crippen LogP contribution in [0.25, 0.3) is 0 Å². The minimum Gasteiger partial charge on any atom is -0.392 e. The monoisotopic (exact) mass is 216 g/mol. The van der Waals surface area contributed by atoms with Crippen molar-refractivity contribution in [2.24, 2.45) is 0 Å². The third-order valence-corrected chi connectivity index (χ3v) is 7.83. The van der Waals surface area contributed by atoms with Gasteiger partial charge in [0.15, 0.2) is 8.32 Å². The topological polar surface area (TPSA) is 18.5 Å². The van der Waals surface area contributed by atoms with Crippen molar-refractivity contribution in [3.63, 3.8) is 0 Å². The summed E-state index contributed by atoms with van der Waals surface area (Å²) in [5.41, 5.74) is 0. The van der Waals surface area contributed by atoms with Gasteiger partial charge in [0.05, 0.1) is 0 Å². The summed E-state index contributed by atoms with van der Waals surface area (Å²) in [6, 6.07) is 0. The van der Waals surface area contributed by atoms with Crippen molar-refractivity contribution in [3.8, 4) is 0 Å². The third kappa shape index (κ3) is 3.07. The van der Waals surface area contributed by atoms with Gasteiger partial charge in [-0.2, -0.15) is 0 Å². The fraction of sp³-hybridized carbons (Fsp3) is 1.00. The minimum absolute atomic E-state index is 0.0737. The molecule has 1 saturated heterocycles. The van der Waals surface area contributed by atoms with Crippen molar-refractivity contribution in [1.82, 2.24) is 0 Å². The predicted octanol–water partition coefficient (Wildman–Crippen LogP) is 3.53. The van der Waals surface area contributed by atoms with E-state index in [1.165, 1.54) is 12.8 Å². The zero-order chi connectivity index (χ0) is 10.8. The first kappa shape index (κ1) is 12.2. The van der Waals surface area contributed by atoms with Crippen LogP contribution in [-0.2, 0) is 9.16 Å². The van der Waals surface area contributed by atoms with Crippen LogP contribution in [0.1, 0.15) is 40.0 Å². The van der Waals surface area contributed by atoms with E-state index in [1.54, 1.807) is 0 Å². The predicted molar refractivity (Wildman–Crippen MR) is 61.9 cm³/mol. The molecule has 1 fully saturated rings. The highest BCUT2D eigenvalue weighted by Gasteiger charge is 2.39. The molecule has 1 heterocycles. The van der Waals surface area contributed by atoms with E-state index < -0.39 is 8.32 Å². The van der Waals surface area contributed by atoms with Crippen molar-refractivity contribution in [1.29, 1.82) is 0 Å². The van der Waals surface area contributed by atoms with E-state index >= 15 is 0 Å². The summed E-state index contributed by atoms with van der Waals surface area (Å²) < 4.78 is 11.8. The van der Waals surface area contributed by atoms with E-state index in [-0.39, 0.29) is 11.3 Å². The van der Waals surface area contributed by atoms with Crippen LogP contribution in [0.15, 0.2) is 0 Å². The van der Waals surface area contributed by atoms with Crippen LogP contribution in [0.3, 0.4) is 0 Å². The second-order valence-corrected chi connectivity index (χ2v) is 10.4. The first-order valence-electron chi connectivity index (χ1n) is 5.62. The van der Waals surface area contributed by atoms with Gasteiger partial charge in [0.1, 0.15) is 6.29 Å². The summed E-state index contributed by atoms with van der Waals surface area (Å²) >= 11 is 0. The quantitative estimate of drug-likeness (QED) is 0.657. The van der Waals surface area contributed by atoms with Crippen molar-refractivity contribution in [2.45, 2.75) is 64.5 Å². The molecule has 0 aromatic rings. The van der Waals surface area contributed by atoms with E-state index in [4.69, 9.17) is 9.16 Å². The largest absolute Gasteiger partial charge is 0.392 e. The number of hydrogen-bond acceptors (Lipinski definition) is 2. The van der Waals surface area contributed by atoms with Gasteiger partial charge >= 0.3 is 0 Å². The Morgan fingerprint density at radius 2 is 1.86 bits per heavy atom. The van der Waals surface area contributed by atoms with Gasteiger partial charge < -0.3 is 9.16 Å². The molecular formula is C11H24O2Si. The SMILES string of the molecule is CC(C)(C)[Si](C)(C)OC1CCCCO1. The lowest BCUT2D eigenvalue weighted by Crippen LogP contribution is -2.45. The minimum atomic E-state index is -1.62. The zero-order valence-electron chi connectivity index (χ0n) is 10.2. The summed E-state index contributed by atoms with van der Waals surface area (Å²) in [5, 5.41) is 0.286. The molecule has 1 aliphatic rings. The lowest BCUT2D eigenvalue weighted by Gasteiger charge is -2.39. The van der Waals surface area contributed by atoms with E-state index in [2.05, 4.69) is 33.9 Å². The molecule has 0 aromatic carbocycles. The van der Waals surface area contributed by atoms with E-state index in [9.17, 15) is 0 Å². The molecule has 0 N–H and O–H groups in total. The van der Waals surface area contributed by atoms with Crippen molar-refractivity contribution >= 4 is 8.32 Å². The van der Waals surface area contributed by atoms with Crippen LogP contribution >= 0.6 is 0 Å². The van der Waals surface area contributed by atoms with Crippen molar-refractivity contribution < 1.29 is 9.16 Å². The third-order valence-electron chi connectivity index (χ3n) is 3.37. The van der Waals surface area contributed by atoms with Crippen LogP contribution in [0.2, 0.25) is 18.1 Å². The van der Waals surface area contributed by atoms with Gasteiger partial charge in [0.25, 0.3) is 0 Å². The maximum Gasteiger partial charge on any atom is 0.195 e. The molecule has 0 amide bonds. The highest BCUT2D eigenvalue weighted by atomic mass is 28.4. The fourth-order valence-corrected chi connectivity index (χ4v) is 2.51. The Morgan fingerprint density at radius 3 is 2.29 bits per heavy atom. The first-order chi connectivity index (χ1) is 6.33. The Kier molecular flexibility index (Phi) is 3.78. The average Bonchev–Trinajstić information content (AvgIpc) is 2.03. The maximum absolute atomic E-state index is 6.16. The van der Waals surface area contributed by atoms with Crippen LogP contribution < -0.4 is 0 Å². The van der Waals surface area contributed by atoms with Crippen LogP contribution in [-0.4, -0.2) is 21.2 Å². The van der Waals surface area contributed by atoms with Crippen molar-refractivity contribution in [3.05, 3.63) is 0 Å². The summed E-state index contributed by atoms with van der Waals surface area (Å²) in [6.07, 6.45) is 3.59. The number of rotatable bonds is 2. The Morgan fingerprint density at radius 1 is 1.21 bits per heavy atom. The zero-order valence-corrected chi connectivity index (χ0v) is 11.2. The Labute approximate surface area is 89.1 Å². The normalized spacial score (nSPS) is 25.1. The highest BCUT2D eigenvalue weighted by Crippen LogP contribution is 2.38. The Hall–Kier alpha value is 0.137. The second-order valence-electron chi connectivity index (χ2n) is 5.67. The fourth-order valence-electron chi connectivity index (χ4n) is 1.31. The van der Waals surface area contributed by atoms with Gasteiger partial charge in [-0.25, -0.2) is 0 Å². The molecular weight excluding hydrogens is 192 g/mol. The van der Waals surface area contributed by atoms with Gasteiger partial charge in [0, 0.05) is 6.61 Å². The molecule has 0 spiro atoms. The van der Waals surface area contributed by atoms with Gasteiger partial charge in [0.2, 0.25) is 0 Å². The standard InChI is InChI=1S/C11H24O2Si/c1-11(2,3)14(4,5)13-10-8-6-7-9-12-10/h10H,6-9H2,1-5H3. The lowest BCUT2D eigenvalue weighted by molar-refractivity contribution is -0.113. The number of hydrogen-bond donors (Lipinski definition) is 0. The molecule has 1 rings (SSSR count). The average molecular weight is 216 g/mol. The molecule has 0 aliphatic carbocycles. The van der Waals surface area contributed by atoms with Crippen LogP contribution in [0.4, 0.5) is 0 Å². The van der Waals surface area contributed by atoms with E-state index in [1.807, 2.05) is 0 Å². The summed E-state index contributed by atoms with van der Waals surface area (Å²) in [6.45, 7) is 12.2. The first-order valence-corrected chi connectivity index (χ1v) is 8.53. The second kappa shape index (κ2) is 4.33. The molecule has 3 heteroatoms. The number of ether oxygens (including phenoxy) is 1. The smallest absolute Gasteiger partial charge is 0.195 e.